The van der Waals surface area contributed by atoms with Gasteiger partial charge in [0.15, 0.2) is 6.61 Å². The molecule has 1 aliphatic rings. The van der Waals surface area contributed by atoms with Crippen LogP contribution in [0.5, 0.6) is 11.5 Å². The van der Waals surface area contributed by atoms with Gasteiger partial charge in [-0.25, -0.2) is 4.39 Å². The summed E-state index contributed by atoms with van der Waals surface area (Å²) < 4.78 is 23.6. The van der Waals surface area contributed by atoms with Crippen molar-refractivity contribution in [2.75, 3.05) is 38.3 Å². The van der Waals surface area contributed by atoms with Gasteiger partial charge in [0.2, 0.25) is 0 Å². The van der Waals surface area contributed by atoms with Gasteiger partial charge in [-0.05, 0) is 48.7 Å². The maximum atomic E-state index is 12.8. The highest BCUT2D eigenvalue weighted by molar-refractivity contribution is 5.77. The maximum Gasteiger partial charge on any atom is 0.257 e. The number of benzene rings is 2. The van der Waals surface area contributed by atoms with Crippen molar-refractivity contribution in [1.82, 2.24) is 5.32 Å². The van der Waals surface area contributed by atoms with Crippen molar-refractivity contribution in [2.45, 2.75) is 6.42 Å². The summed E-state index contributed by atoms with van der Waals surface area (Å²) in [7, 11) is 1.67. The number of nitrogens with zero attached hydrogens (tertiary/aromatic N) is 1. The van der Waals surface area contributed by atoms with Gasteiger partial charge in [-0.2, -0.15) is 0 Å². The van der Waals surface area contributed by atoms with Crippen LogP contribution in [0.2, 0.25) is 0 Å². The van der Waals surface area contributed by atoms with Gasteiger partial charge in [0.1, 0.15) is 17.3 Å². The van der Waals surface area contributed by atoms with Crippen molar-refractivity contribution in [2.24, 2.45) is 5.92 Å². The molecule has 0 aromatic heterocycles. The third-order valence-corrected chi connectivity index (χ3v) is 4.48. The van der Waals surface area contributed by atoms with E-state index >= 15 is 0 Å². The molecular formula is C20H23FN2O3. The molecule has 1 aliphatic heterocycles. The van der Waals surface area contributed by atoms with E-state index in [0.717, 1.165) is 30.9 Å². The van der Waals surface area contributed by atoms with Crippen LogP contribution in [0.4, 0.5) is 10.1 Å². The van der Waals surface area contributed by atoms with E-state index in [0.29, 0.717) is 18.2 Å². The summed E-state index contributed by atoms with van der Waals surface area (Å²) in [5, 5.41) is 2.91. The molecule has 0 unspecified atom stereocenters. The smallest absolute Gasteiger partial charge is 0.257 e. The lowest BCUT2D eigenvalue weighted by molar-refractivity contribution is -0.123. The average molecular weight is 358 g/mol. The first kappa shape index (κ1) is 18.0. The summed E-state index contributed by atoms with van der Waals surface area (Å²) in [5.41, 5.74) is 1.09. The van der Waals surface area contributed by atoms with Crippen LogP contribution in [0.1, 0.15) is 6.42 Å². The summed E-state index contributed by atoms with van der Waals surface area (Å²) in [6, 6.07) is 13.6. The van der Waals surface area contributed by atoms with Crippen molar-refractivity contribution in [3.63, 3.8) is 0 Å². The molecule has 26 heavy (non-hydrogen) atoms. The number of ether oxygens (including phenoxy) is 2. The third-order valence-electron chi connectivity index (χ3n) is 4.48. The van der Waals surface area contributed by atoms with E-state index in [-0.39, 0.29) is 18.3 Å². The number of para-hydroxylation sites is 2. The number of methoxy groups -OCH3 is 1. The summed E-state index contributed by atoms with van der Waals surface area (Å²) in [6.07, 6.45) is 1.01. The Bertz CT molecular complexity index is 736. The predicted octanol–water partition coefficient (Wildman–Crippen LogP) is 2.86. The number of hydrogen-bond donors (Lipinski definition) is 1. The van der Waals surface area contributed by atoms with Crippen molar-refractivity contribution in [3.05, 3.63) is 54.3 Å². The number of hydrogen-bond acceptors (Lipinski definition) is 4. The zero-order valence-corrected chi connectivity index (χ0v) is 14.8. The van der Waals surface area contributed by atoms with Crippen LogP contribution in [-0.4, -0.2) is 39.3 Å². The number of nitrogens with one attached hydrogen (secondary N) is 1. The summed E-state index contributed by atoms with van der Waals surface area (Å²) in [6.45, 7) is 2.35. The second-order valence-corrected chi connectivity index (χ2v) is 6.32. The van der Waals surface area contributed by atoms with E-state index < -0.39 is 0 Å². The number of anilines is 1. The number of rotatable bonds is 7. The Labute approximate surface area is 152 Å². The van der Waals surface area contributed by atoms with E-state index in [1.165, 1.54) is 24.3 Å². The Morgan fingerprint density at radius 1 is 1.23 bits per heavy atom. The number of halogens is 1. The minimum atomic E-state index is -0.331. The molecule has 0 aliphatic carbocycles. The molecule has 1 saturated heterocycles. The maximum absolute atomic E-state index is 12.8. The lowest BCUT2D eigenvalue weighted by Gasteiger charge is -2.21. The fourth-order valence-corrected chi connectivity index (χ4v) is 3.10. The first-order chi connectivity index (χ1) is 12.7. The molecule has 138 valence electrons. The van der Waals surface area contributed by atoms with E-state index in [9.17, 15) is 9.18 Å². The lowest BCUT2D eigenvalue weighted by atomic mass is 10.1. The normalized spacial score (nSPS) is 16.4. The number of carbonyl (C=O) groups is 1. The highest BCUT2D eigenvalue weighted by atomic mass is 19.1. The SMILES string of the molecule is COc1ccccc1N1CC[C@@H](CNC(=O)COc2ccc(F)cc2)C1. The van der Waals surface area contributed by atoms with Gasteiger partial charge in [-0.1, -0.05) is 12.1 Å². The first-order valence-corrected chi connectivity index (χ1v) is 8.68. The monoisotopic (exact) mass is 358 g/mol. The molecule has 2 aromatic rings. The standard InChI is InChI=1S/C20H23FN2O3/c1-25-19-5-3-2-4-18(19)23-11-10-15(13-23)12-22-20(24)14-26-17-8-6-16(21)7-9-17/h2-9,15H,10-14H2,1H3,(H,22,24)/t15-/m0/s1. The Morgan fingerprint density at radius 2 is 2.00 bits per heavy atom. The minimum Gasteiger partial charge on any atom is -0.495 e. The number of carbonyl (C=O) groups excluding carboxylic acids is 1. The first-order valence-electron chi connectivity index (χ1n) is 8.68. The van der Waals surface area contributed by atoms with Crippen LogP contribution >= 0.6 is 0 Å². The van der Waals surface area contributed by atoms with E-state index in [1.807, 2.05) is 18.2 Å². The largest absolute Gasteiger partial charge is 0.495 e. The van der Waals surface area contributed by atoms with Gasteiger partial charge in [-0.3, -0.25) is 4.79 Å². The van der Waals surface area contributed by atoms with Gasteiger partial charge < -0.3 is 19.7 Å². The van der Waals surface area contributed by atoms with Crippen LogP contribution < -0.4 is 19.7 Å². The fraction of sp³-hybridized carbons (Fsp3) is 0.350. The molecular weight excluding hydrogens is 335 g/mol. The van der Waals surface area contributed by atoms with E-state index in [2.05, 4.69) is 16.3 Å². The van der Waals surface area contributed by atoms with Crippen molar-refractivity contribution >= 4 is 11.6 Å². The van der Waals surface area contributed by atoms with Crippen molar-refractivity contribution in [1.29, 1.82) is 0 Å². The highest BCUT2D eigenvalue weighted by Gasteiger charge is 2.24. The zero-order chi connectivity index (χ0) is 18.4. The van der Waals surface area contributed by atoms with Crippen molar-refractivity contribution < 1.29 is 18.7 Å². The summed E-state index contributed by atoms with van der Waals surface area (Å²) in [4.78, 5) is 14.2. The van der Waals surface area contributed by atoms with Crippen molar-refractivity contribution in [3.8, 4) is 11.5 Å². The number of amides is 1. The topological polar surface area (TPSA) is 50.8 Å². The second-order valence-electron chi connectivity index (χ2n) is 6.32. The molecule has 1 atom stereocenters. The average Bonchev–Trinajstić information content (AvgIpc) is 3.14. The molecule has 0 spiro atoms. The molecule has 0 radical (unpaired) electrons. The molecule has 0 saturated carbocycles. The highest BCUT2D eigenvalue weighted by Crippen LogP contribution is 2.31. The molecule has 6 heteroatoms. The molecule has 5 nitrogen and oxygen atoms in total. The quantitative estimate of drug-likeness (QED) is 0.827. The molecule has 3 rings (SSSR count). The molecule has 1 heterocycles. The van der Waals surface area contributed by atoms with Crippen LogP contribution in [0, 0.1) is 11.7 Å². The predicted molar refractivity (Wildman–Crippen MR) is 98.2 cm³/mol. The third kappa shape index (κ3) is 4.65. The zero-order valence-electron chi connectivity index (χ0n) is 14.8. The van der Waals surface area contributed by atoms with Gasteiger partial charge in [-0.15, -0.1) is 0 Å². The molecule has 1 N–H and O–H groups in total. The molecule has 1 amide bonds. The summed E-state index contributed by atoms with van der Waals surface area (Å²) >= 11 is 0. The molecule has 0 bridgehead atoms. The van der Waals surface area contributed by atoms with Crippen LogP contribution in [0.25, 0.3) is 0 Å². The van der Waals surface area contributed by atoms with Gasteiger partial charge >= 0.3 is 0 Å². The van der Waals surface area contributed by atoms with Crippen LogP contribution in [0.3, 0.4) is 0 Å². The Hall–Kier alpha value is -2.76. The fourth-order valence-electron chi connectivity index (χ4n) is 3.10. The van der Waals surface area contributed by atoms with Gasteiger partial charge in [0.05, 0.1) is 12.8 Å². The summed E-state index contributed by atoms with van der Waals surface area (Å²) in [5.74, 6) is 1.22. The molecule has 1 fully saturated rings. The van der Waals surface area contributed by atoms with Gasteiger partial charge in [0.25, 0.3) is 5.91 Å². The molecule has 2 aromatic carbocycles. The Morgan fingerprint density at radius 3 is 2.77 bits per heavy atom. The Kier molecular flexibility index (Phi) is 5.94. The van der Waals surface area contributed by atoms with E-state index in [4.69, 9.17) is 9.47 Å². The van der Waals surface area contributed by atoms with Crippen LogP contribution in [-0.2, 0) is 4.79 Å². The second kappa shape index (κ2) is 8.56. The van der Waals surface area contributed by atoms with E-state index in [1.54, 1.807) is 7.11 Å². The van der Waals surface area contributed by atoms with Gasteiger partial charge in [0, 0.05) is 19.6 Å². The van der Waals surface area contributed by atoms with Crippen LogP contribution in [0.15, 0.2) is 48.5 Å². The Balaban J connectivity index is 1.42. The minimum absolute atomic E-state index is 0.0748. The lowest BCUT2D eigenvalue weighted by Crippen LogP contribution is -2.34.